The van der Waals surface area contributed by atoms with E-state index in [1.54, 1.807) is 0 Å². The maximum atomic E-state index is 5.79. The second-order valence-electron chi connectivity index (χ2n) is 3.86. The van der Waals surface area contributed by atoms with Gasteiger partial charge in [-0.15, -0.1) is 0 Å². The van der Waals surface area contributed by atoms with Crippen LogP contribution >= 0.6 is 0 Å². The lowest BCUT2D eigenvalue weighted by Crippen LogP contribution is -2.14. The van der Waals surface area contributed by atoms with Gasteiger partial charge in [0.05, 0.1) is 11.7 Å². The first-order valence-electron chi connectivity index (χ1n) is 5.84. The topological polar surface area (TPSA) is 47.0 Å². The molecule has 1 atom stereocenters. The van der Waals surface area contributed by atoms with Gasteiger partial charge in [0.1, 0.15) is 11.6 Å². The van der Waals surface area contributed by atoms with Crippen molar-refractivity contribution in [2.75, 3.05) is 12.4 Å². The third-order valence-electron chi connectivity index (χ3n) is 2.59. The number of aromatic nitrogens is 2. The van der Waals surface area contributed by atoms with Crippen LogP contribution in [0, 0.1) is 6.92 Å². The van der Waals surface area contributed by atoms with Gasteiger partial charge in [0.2, 0.25) is 5.88 Å². The lowest BCUT2D eigenvalue weighted by Gasteiger charge is -2.16. The van der Waals surface area contributed by atoms with E-state index in [0.29, 0.717) is 5.88 Å². The largest absolute Gasteiger partial charge is 0.474 e. The Kier molecular flexibility index (Phi) is 4.52. The minimum atomic E-state index is 0.183. The van der Waals surface area contributed by atoms with Crippen molar-refractivity contribution in [1.82, 2.24) is 9.97 Å². The highest BCUT2D eigenvalue weighted by Gasteiger charge is 2.12. The summed E-state index contributed by atoms with van der Waals surface area (Å²) in [4.78, 5) is 8.81. The van der Waals surface area contributed by atoms with Gasteiger partial charge in [-0.05, 0) is 20.3 Å². The summed E-state index contributed by atoms with van der Waals surface area (Å²) in [7, 11) is 1.86. The first-order valence-corrected chi connectivity index (χ1v) is 5.84. The Hall–Kier alpha value is -1.32. The van der Waals surface area contributed by atoms with Crippen LogP contribution in [-0.4, -0.2) is 23.1 Å². The van der Waals surface area contributed by atoms with Crippen molar-refractivity contribution >= 4 is 5.82 Å². The molecule has 0 saturated heterocycles. The second kappa shape index (κ2) is 5.68. The number of hydrogen-bond acceptors (Lipinski definition) is 4. The lowest BCUT2D eigenvalue weighted by molar-refractivity contribution is 0.206. The van der Waals surface area contributed by atoms with Crippen molar-refractivity contribution < 1.29 is 4.74 Å². The van der Waals surface area contributed by atoms with E-state index in [1.807, 2.05) is 27.8 Å². The number of nitrogens with zero attached hydrogens (tertiary/aromatic N) is 2. The van der Waals surface area contributed by atoms with Crippen LogP contribution in [0.5, 0.6) is 5.88 Å². The molecule has 0 amide bonds. The number of anilines is 1. The summed E-state index contributed by atoms with van der Waals surface area (Å²) in [5.41, 5.74) is 0.972. The smallest absolute Gasteiger partial charge is 0.222 e. The minimum absolute atomic E-state index is 0.183. The van der Waals surface area contributed by atoms with Crippen LogP contribution in [0.1, 0.15) is 38.6 Å². The molecule has 16 heavy (non-hydrogen) atoms. The Labute approximate surface area is 97.5 Å². The zero-order chi connectivity index (χ0) is 12.1. The summed E-state index contributed by atoms with van der Waals surface area (Å²) in [6, 6.07) is 0. The molecule has 0 aliphatic rings. The molecule has 1 aromatic heterocycles. The van der Waals surface area contributed by atoms with Crippen molar-refractivity contribution in [3.05, 3.63) is 11.4 Å². The summed E-state index contributed by atoms with van der Waals surface area (Å²) in [5.74, 6) is 2.36. The molecule has 0 saturated carbocycles. The molecule has 90 valence electrons. The van der Waals surface area contributed by atoms with Crippen LogP contribution in [0.3, 0.4) is 0 Å². The molecule has 1 rings (SSSR count). The van der Waals surface area contributed by atoms with Gasteiger partial charge >= 0.3 is 0 Å². The fraction of sp³-hybridized carbons (Fsp3) is 0.667. The van der Waals surface area contributed by atoms with Crippen LogP contribution in [0.4, 0.5) is 5.82 Å². The van der Waals surface area contributed by atoms with Crippen molar-refractivity contribution in [2.45, 2.75) is 46.6 Å². The Morgan fingerprint density at radius 2 is 2.00 bits per heavy atom. The summed E-state index contributed by atoms with van der Waals surface area (Å²) in [6.07, 6.45) is 1.97. The monoisotopic (exact) mass is 223 g/mol. The summed E-state index contributed by atoms with van der Waals surface area (Å²) < 4.78 is 5.79. The van der Waals surface area contributed by atoms with Crippen LogP contribution in [0.2, 0.25) is 0 Å². The highest BCUT2D eigenvalue weighted by molar-refractivity contribution is 5.48. The van der Waals surface area contributed by atoms with E-state index >= 15 is 0 Å². The van der Waals surface area contributed by atoms with Gasteiger partial charge < -0.3 is 10.1 Å². The molecule has 4 heteroatoms. The fourth-order valence-electron chi connectivity index (χ4n) is 1.33. The van der Waals surface area contributed by atoms with Crippen LogP contribution in [-0.2, 0) is 6.42 Å². The number of hydrogen-bond donors (Lipinski definition) is 1. The first-order chi connectivity index (χ1) is 7.62. The van der Waals surface area contributed by atoms with E-state index in [0.717, 1.165) is 30.0 Å². The molecule has 1 unspecified atom stereocenters. The normalized spacial score (nSPS) is 12.3. The maximum absolute atomic E-state index is 5.79. The molecule has 1 aromatic rings. The van der Waals surface area contributed by atoms with E-state index in [9.17, 15) is 0 Å². The van der Waals surface area contributed by atoms with E-state index in [2.05, 4.69) is 22.2 Å². The number of rotatable bonds is 5. The number of ether oxygens (including phenoxy) is 1. The molecule has 0 fully saturated rings. The lowest BCUT2D eigenvalue weighted by atomic mass is 10.3. The van der Waals surface area contributed by atoms with E-state index in [1.165, 1.54) is 0 Å². The molecule has 0 aliphatic carbocycles. The van der Waals surface area contributed by atoms with Crippen LogP contribution < -0.4 is 10.1 Å². The van der Waals surface area contributed by atoms with E-state index < -0.39 is 0 Å². The highest BCUT2D eigenvalue weighted by atomic mass is 16.5. The van der Waals surface area contributed by atoms with Gasteiger partial charge in [-0.25, -0.2) is 4.98 Å². The van der Waals surface area contributed by atoms with Gasteiger partial charge in [-0.3, -0.25) is 0 Å². The summed E-state index contributed by atoms with van der Waals surface area (Å²) in [6.45, 7) is 8.16. The van der Waals surface area contributed by atoms with Gasteiger partial charge in [0.15, 0.2) is 0 Å². The van der Waals surface area contributed by atoms with Crippen molar-refractivity contribution in [3.63, 3.8) is 0 Å². The molecular formula is C12H21N3O. The molecule has 0 radical (unpaired) electrons. The van der Waals surface area contributed by atoms with Gasteiger partial charge in [-0.2, -0.15) is 4.98 Å². The predicted octanol–water partition coefficient (Wildman–Crippen LogP) is 2.57. The third kappa shape index (κ3) is 2.84. The van der Waals surface area contributed by atoms with Crippen molar-refractivity contribution in [2.24, 2.45) is 0 Å². The molecule has 0 aliphatic heterocycles. The number of aryl methyl sites for hydroxylation is 1. The Bertz CT molecular complexity index is 352. The Morgan fingerprint density at radius 1 is 1.31 bits per heavy atom. The van der Waals surface area contributed by atoms with E-state index in [4.69, 9.17) is 4.74 Å². The van der Waals surface area contributed by atoms with Gasteiger partial charge in [0, 0.05) is 13.5 Å². The summed E-state index contributed by atoms with van der Waals surface area (Å²) in [5, 5.41) is 3.07. The third-order valence-corrected chi connectivity index (χ3v) is 2.59. The maximum Gasteiger partial charge on any atom is 0.222 e. The van der Waals surface area contributed by atoms with Crippen LogP contribution in [0.15, 0.2) is 0 Å². The van der Waals surface area contributed by atoms with Crippen LogP contribution in [0.25, 0.3) is 0 Å². The molecule has 0 aromatic carbocycles. The fourth-order valence-corrected chi connectivity index (χ4v) is 1.33. The molecular weight excluding hydrogens is 202 g/mol. The summed E-state index contributed by atoms with van der Waals surface area (Å²) >= 11 is 0. The molecule has 0 spiro atoms. The Balaban J connectivity index is 3.05. The molecule has 0 bridgehead atoms. The zero-order valence-electron chi connectivity index (χ0n) is 10.8. The predicted molar refractivity (Wildman–Crippen MR) is 66.1 cm³/mol. The van der Waals surface area contributed by atoms with Crippen molar-refractivity contribution in [3.8, 4) is 5.88 Å². The molecule has 4 nitrogen and oxygen atoms in total. The standard InChI is InChI=1S/C12H21N3O/c1-6-8(3)16-12-9(4)11(13-5)14-10(7-2)15-12/h8H,6-7H2,1-5H3,(H,13,14,15). The van der Waals surface area contributed by atoms with Gasteiger partial charge in [0.25, 0.3) is 0 Å². The van der Waals surface area contributed by atoms with E-state index in [-0.39, 0.29) is 6.10 Å². The average molecular weight is 223 g/mol. The number of nitrogens with one attached hydrogen (secondary N) is 1. The van der Waals surface area contributed by atoms with Gasteiger partial charge in [-0.1, -0.05) is 13.8 Å². The molecule has 1 heterocycles. The molecule has 1 N–H and O–H groups in total. The average Bonchev–Trinajstić information content (AvgIpc) is 2.31. The second-order valence-corrected chi connectivity index (χ2v) is 3.86. The highest BCUT2D eigenvalue weighted by Crippen LogP contribution is 2.23. The quantitative estimate of drug-likeness (QED) is 0.833. The SMILES string of the molecule is CCc1nc(NC)c(C)c(OC(C)CC)n1. The zero-order valence-corrected chi connectivity index (χ0v) is 10.8. The van der Waals surface area contributed by atoms with Crippen molar-refractivity contribution in [1.29, 1.82) is 0 Å². The minimum Gasteiger partial charge on any atom is -0.474 e. The Morgan fingerprint density at radius 3 is 2.50 bits per heavy atom. The first kappa shape index (κ1) is 12.7.